The average molecular weight is 1400 g/mol. The van der Waals surface area contributed by atoms with Gasteiger partial charge >= 0.3 is 0 Å². The van der Waals surface area contributed by atoms with Gasteiger partial charge in [0, 0.05) is 106 Å². The number of nitrogens with one attached hydrogen (secondary N) is 3. The Morgan fingerprint density at radius 1 is 0.554 bits per heavy atom. The molecule has 1 fully saturated rings. The van der Waals surface area contributed by atoms with Gasteiger partial charge in [0.1, 0.15) is 11.8 Å². The molecule has 3 N–H and O–H groups in total. The highest BCUT2D eigenvalue weighted by atomic mass is 16.6. The Morgan fingerprint density at radius 2 is 1.04 bits per heavy atom. The molecule has 1 saturated carbocycles. The topological polar surface area (TPSA) is 318 Å². The van der Waals surface area contributed by atoms with Gasteiger partial charge in [-0.3, -0.25) is 53.2 Å². The number of nitrogens with zero attached hydrogens (tertiary/aromatic N) is 5. The van der Waals surface area contributed by atoms with E-state index in [1.807, 2.05) is 44.6 Å². The first-order chi connectivity index (χ1) is 49.1. The van der Waals surface area contributed by atoms with Crippen molar-refractivity contribution in [2.45, 2.75) is 90.3 Å². The van der Waals surface area contributed by atoms with Gasteiger partial charge in [-0.25, -0.2) is 0 Å². The number of aliphatic imine (C=N–C) groups is 2. The predicted molar refractivity (Wildman–Crippen MR) is 371 cm³/mol. The number of hydrogen-bond acceptors (Lipinski definition) is 22. The van der Waals surface area contributed by atoms with Crippen molar-refractivity contribution in [3.8, 4) is 23.0 Å². The molecule has 3 aromatic carbocycles. The number of carbonyl (C=O) groups is 8. The molecule has 0 bridgehead atoms. The van der Waals surface area contributed by atoms with Crippen molar-refractivity contribution >= 4 is 82.2 Å². The summed E-state index contributed by atoms with van der Waals surface area (Å²) in [6.07, 6.45) is 14.1. The van der Waals surface area contributed by atoms with Crippen molar-refractivity contribution < 1.29 is 95.2 Å². The lowest BCUT2D eigenvalue weighted by molar-refractivity contribution is -0.137. The van der Waals surface area contributed by atoms with Gasteiger partial charge in [-0.15, -0.1) is 0 Å². The van der Waals surface area contributed by atoms with Crippen LogP contribution in [-0.4, -0.2) is 239 Å². The van der Waals surface area contributed by atoms with Crippen LogP contribution in [0.25, 0.3) is 5.57 Å². The minimum atomic E-state index is -0.898. The van der Waals surface area contributed by atoms with E-state index < -0.39 is 35.6 Å². The zero-order chi connectivity index (χ0) is 71.5. The number of hydrogen-bond donors (Lipinski definition) is 3. The van der Waals surface area contributed by atoms with E-state index in [4.69, 9.17) is 66.8 Å². The number of amides is 7. The van der Waals surface area contributed by atoms with Crippen LogP contribution in [0.4, 0.5) is 17.1 Å². The molecule has 7 amide bonds. The van der Waals surface area contributed by atoms with Crippen LogP contribution in [-0.2, 0) is 66.7 Å². The Kier molecular flexibility index (Phi) is 29.9. The quantitative estimate of drug-likeness (QED) is 0.0408. The molecule has 28 nitrogen and oxygen atoms in total. The number of anilines is 1. The first kappa shape index (κ1) is 76.4. The summed E-state index contributed by atoms with van der Waals surface area (Å²) in [5.74, 6) is -0.949. The third-order valence-corrected chi connectivity index (χ3v) is 17.4. The summed E-state index contributed by atoms with van der Waals surface area (Å²) in [6, 6.07) is 12.7. The van der Waals surface area contributed by atoms with E-state index in [2.05, 4.69) is 16.0 Å². The maximum Gasteiger partial charge on any atom is 0.260 e. The molecule has 1 unspecified atom stereocenters. The second-order valence-corrected chi connectivity index (χ2v) is 25.0. The first-order valence-corrected chi connectivity index (χ1v) is 34.6. The van der Waals surface area contributed by atoms with Crippen LogP contribution in [0.2, 0.25) is 0 Å². The maximum atomic E-state index is 14.1. The monoisotopic (exact) mass is 1400 g/mol. The number of fused-ring (bicyclic) bond motifs is 4. The predicted octanol–water partition coefficient (Wildman–Crippen LogP) is 6.38. The van der Waals surface area contributed by atoms with E-state index >= 15 is 0 Å². The Bertz CT molecular complexity index is 3500. The molecule has 5 heterocycles. The molecule has 0 radical (unpaired) electrons. The molecular formula is C73H94N8O20. The Balaban J connectivity index is 0.570. The SMILES string of the molecule is COc1cc2c(cc1OCCCOc1cc3c(cc1OC)C(=O)N1C=C(C4CC4)C[C@H]1C=N3)N=C[C@@H]1CC(c3ccc(NC(=O)[C@H](C)NC(=O)C(CC(=O)CCOCCOCCOCCOCCOCCOCCOCCOCCNC(=O)CCN4C(=O)C=CC4=O)C(C)C)cc3)=CN1C2=O. The number of Topliss-reactive ketones (excluding diaryl/α,β-unsaturated/α-hetero) is 1. The van der Waals surface area contributed by atoms with Crippen LogP contribution in [0, 0.1) is 17.8 Å². The fraction of sp³-hybridized carbons (Fsp3) is 0.534. The van der Waals surface area contributed by atoms with Gasteiger partial charge in [0.05, 0.1) is 168 Å². The second kappa shape index (κ2) is 39.5. The Labute approximate surface area is 588 Å². The molecule has 4 atom stereocenters. The molecule has 0 spiro atoms. The van der Waals surface area contributed by atoms with E-state index in [0.717, 1.165) is 22.5 Å². The van der Waals surface area contributed by atoms with Crippen LogP contribution in [0.15, 0.2) is 88.6 Å². The first-order valence-electron chi connectivity index (χ1n) is 34.6. The van der Waals surface area contributed by atoms with Gasteiger partial charge in [0.2, 0.25) is 17.7 Å². The smallest absolute Gasteiger partial charge is 0.260 e. The van der Waals surface area contributed by atoms with Gasteiger partial charge < -0.3 is 82.6 Å². The summed E-state index contributed by atoms with van der Waals surface area (Å²) < 4.78 is 67.8. The summed E-state index contributed by atoms with van der Waals surface area (Å²) in [7, 11) is 3.05. The van der Waals surface area contributed by atoms with E-state index in [1.165, 1.54) is 44.8 Å². The molecule has 101 heavy (non-hydrogen) atoms. The molecule has 6 aliphatic rings. The van der Waals surface area contributed by atoms with E-state index in [1.54, 1.807) is 59.3 Å². The van der Waals surface area contributed by atoms with E-state index in [0.29, 0.717) is 169 Å². The number of benzene rings is 3. The van der Waals surface area contributed by atoms with Crippen molar-refractivity contribution in [2.24, 2.45) is 27.7 Å². The normalized spacial score (nSPS) is 17.2. The molecule has 9 rings (SSSR count). The second-order valence-electron chi connectivity index (χ2n) is 25.0. The lowest BCUT2D eigenvalue weighted by atomic mass is 9.89. The molecule has 28 heteroatoms. The number of ether oxygens (including phenoxy) is 12. The summed E-state index contributed by atoms with van der Waals surface area (Å²) in [5.41, 5.74) is 5.38. The van der Waals surface area contributed by atoms with Gasteiger partial charge in [-0.2, -0.15) is 0 Å². The van der Waals surface area contributed by atoms with Crippen LogP contribution < -0.4 is 34.9 Å². The molecular weight excluding hydrogens is 1310 g/mol. The van der Waals surface area contributed by atoms with Gasteiger partial charge in [0.15, 0.2) is 23.0 Å². The standard InChI is InChI=1S/C73H94N8O20/c1-48(2)58(39-57(82)16-21-92-23-25-94-27-29-96-31-33-98-35-36-99-34-32-97-30-28-95-26-24-93-22-17-74-67(83)15-18-79-68(84)13-14-69(79)85)71(87)77-49(3)70(86)78-54-11-9-51(10-12-54)53-38-56-45-76-62-43-66(64(91-5)41-60(62)73(89)81(56)47-53)101-20-6-19-100-65-42-61-59(40-63(65)90-4)72(88)80-46-52(50-7-8-50)37-55(80)44-75-61/h9-14,40-50,55-56,58H,6-8,15-39H2,1-5H3,(H,74,83)(H,77,87)(H,78,86)/t49-,55-,56-,58?/m0/s1. The lowest BCUT2D eigenvalue weighted by Crippen LogP contribution is -2.45. The third kappa shape index (κ3) is 22.9. The number of imide groups is 1. The summed E-state index contributed by atoms with van der Waals surface area (Å²) in [6.45, 7) is 12.0. The fourth-order valence-electron chi connectivity index (χ4n) is 11.6. The zero-order valence-corrected chi connectivity index (χ0v) is 58.2. The zero-order valence-electron chi connectivity index (χ0n) is 58.2. The number of ketones is 1. The van der Waals surface area contributed by atoms with Gasteiger partial charge in [-0.05, 0) is 79.0 Å². The minimum absolute atomic E-state index is 0.00268. The third-order valence-electron chi connectivity index (χ3n) is 17.4. The van der Waals surface area contributed by atoms with Crippen LogP contribution >= 0.6 is 0 Å². The summed E-state index contributed by atoms with van der Waals surface area (Å²) >= 11 is 0. The minimum Gasteiger partial charge on any atom is -0.493 e. The summed E-state index contributed by atoms with van der Waals surface area (Å²) in [4.78, 5) is 116. The molecule has 0 saturated heterocycles. The maximum absolute atomic E-state index is 14.1. The van der Waals surface area contributed by atoms with Crippen LogP contribution in [0.3, 0.4) is 0 Å². The fourth-order valence-corrected chi connectivity index (χ4v) is 11.6. The highest BCUT2D eigenvalue weighted by molar-refractivity contribution is 6.13. The lowest BCUT2D eigenvalue weighted by Gasteiger charge is -2.22. The van der Waals surface area contributed by atoms with E-state index in [-0.39, 0.29) is 93.7 Å². The van der Waals surface area contributed by atoms with Crippen molar-refractivity contribution in [1.82, 2.24) is 25.3 Å². The number of carbonyl (C=O) groups excluding carboxylic acids is 8. The van der Waals surface area contributed by atoms with E-state index in [9.17, 15) is 38.4 Å². The Hall–Kier alpha value is -8.74. The molecule has 1 aliphatic carbocycles. The van der Waals surface area contributed by atoms with Gasteiger partial charge in [0.25, 0.3) is 23.6 Å². The number of methoxy groups -OCH3 is 2. The highest BCUT2D eigenvalue weighted by Gasteiger charge is 2.39. The average Bonchev–Trinajstić information content (AvgIpc) is 1.65. The molecule has 546 valence electrons. The largest absolute Gasteiger partial charge is 0.493 e. The van der Waals surface area contributed by atoms with Gasteiger partial charge in [-0.1, -0.05) is 26.0 Å². The van der Waals surface area contributed by atoms with Crippen molar-refractivity contribution in [1.29, 1.82) is 0 Å². The Morgan fingerprint density at radius 3 is 1.53 bits per heavy atom. The summed E-state index contributed by atoms with van der Waals surface area (Å²) in [5, 5.41) is 8.34. The van der Waals surface area contributed by atoms with Crippen molar-refractivity contribution in [2.75, 3.05) is 152 Å². The highest BCUT2D eigenvalue weighted by Crippen LogP contribution is 2.45. The van der Waals surface area contributed by atoms with Crippen molar-refractivity contribution in [3.05, 3.63) is 95.3 Å². The van der Waals surface area contributed by atoms with Crippen LogP contribution in [0.5, 0.6) is 23.0 Å². The molecule has 0 aromatic heterocycles. The van der Waals surface area contributed by atoms with Crippen molar-refractivity contribution in [3.63, 3.8) is 0 Å². The number of rotatable bonds is 47. The molecule has 3 aromatic rings. The molecule has 5 aliphatic heterocycles. The van der Waals surface area contributed by atoms with Crippen LogP contribution in [0.1, 0.15) is 98.4 Å².